The van der Waals surface area contributed by atoms with Crippen LogP contribution >= 0.6 is 0 Å². The molecule has 26 heavy (non-hydrogen) atoms. The van der Waals surface area contributed by atoms with Gasteiger partial charge in [-0.1, -0.05) is 44.2 Å². The molecule has 0 saturated carbocycles. The first kappa shape index (κ1) is 18.7. The summed E-state index contributed by atoms with van der Waals surface area (Å²) in [4.78, 5) is 9.95. The maximum Gasteiger partial charge on any atom is 0.214 e. The smallest absolute Gasteiger partial charge is 0.214 e. The second-order valence-electron chi connectivity index (χ2n) is 6.78. The predicted octanol–water partition coefficient (Wildman–Crippen LogP) is 2.39. The molecule has 8 heteroatoms. The Morgan fingerprint density at radius 2 is 1.73 bits per heavy atom. The van der Waals surface area contributed by atoms with E-state index in [0.29, 0.717) is 31.7 Å². The summed E-state index contributed by atoms with van der Waals surface area (Å²) in [5.74, 6) is -0.0461. The van der Waals surface area contributed by atoms with Crippen molar-refractivity contribution in [2.75, 3.05) is 36.8 Å². The number of benzene rings is 1. The van der Waals surface area contributed by atoms with Gasteiger partial charge < -0.3 is 4.90 Å². The highest BCUT2D eigenvalue weighted by Gasteiger charge is 2.29. The zero-order valence-electron chi connectivity index (χ0n) is 15.0. The van der Waals surface area contributed by atoms with Gasteiger partial charge in [0.2, 0.25) is 10.0 Å². The minimum Gasteiger partial charge on any atom is -0.351 e. The molecule has 0 radical (unpaired) electrons. The third-order valence-electron chi connectivity index (χ3n) is 4.29. The molecular formula is C18H23FN4O2S. The molecule has 140 valence electrons. The van der Waals surface area contributed by atoms with Crippen molar-refractivity contribution in [3.8, 4) is 11.3 Å². The molecule has 1 aliphatic rings. The van der Waals surface area contributed by atoms with Gasteiger partial charge in [-0.05, 0) is 5.92 Å². The molecule has 1 aromatic heterocycles. The van der Waals surface area contributed by atoms with E-state index in [-0.39, 0.29) is 23.2 Å². The van der Waals surface area contributed by atoms with Crippen molar-refractivity contribution in [2.24, 2.45) is 5.92 Å². The zero-order chi connectivity index (χ0) is 18.7. The summed E-state index contributed by atoms with van der Waals surface area (Å²) in [6, 6.07) is 9.11. The first-order chi connectivity index (χ1) is 12.4. The minimum absolute atomic E-state index is 0.0748. The van der Waals surface area contributed by atoms with Gasteiger partial charge in [-0.25, -0.2) is 22.8 Å². The van der Waals surface area contributed by atoms with Gasteiger partial charge in [0.15, 0.2) is 11.6 Å². The molecule has 2 heterocycles. The topological polar surface area (TPSA) is 66.4 Å². The third kappa shape index (κ3) is 4.02. The molecule has 6 nitrogen and oxygen atoms in total. The van der Waals surface area contributed by atoms with Crippen molar-refractivity contribution < 1.29 is 12.8 Å². The summed E-state index contributed by atoms with van der Waals surface area (Å²) in [6.07, 6.45) is 1.35. The quantitative estimate of drug-likeness (QED) is 0.799. The van der Waals surface area contributed by atoms with Crippen LogP contribution in [0.5, 0.6) is 0 Å². The Morgan fingerprint density at radius 3 is 2.35 bits per heavy atom. The maximum atomic E-state index is 14.9. The lowest BCUT2D eigenvalue weighted by Crippen LogP contribution is -2.50. The first-order valence-corrected chi connectivity index (χ1v) is 10.3. The minimum atomic E-state index is -3.27. The largest absolute Gasteiger partial charge is 0.351 e. The fourth-order valence-electron chi connectivity index (χ4n) is 3.08. The molecule has 0 aliphatic carbocycles. The summed E-state index contributed by atoms with van der Waals surface area (Å²) in [5.41, 5.74) is 0.942. The predicted molar refractivity (Wildman–Crippen MR) is 99.8 cm³/mol. The monoisotopic (exact) mass is 378 g/mol. The van der Waals surface area contributed by atoms with Gasteiger partial charge in [0.25, 0.3) is 0 Å². The molecule has 1 aliphatic heterocycles. The zero-order valence-corrected chi connectivity index (χ0v) is 15.8. The number of rotatable bonds is 5. The second-order valence-corrected chi connectivity index (χ2v) is 8.80. The average Bonchev–Trinajstić information content (AvgIpc) is 2.62. The van der Waals surface area contributed by atoms with Crippen LogP contribution in [0.4, 0.5) is 10.2 Å². The van der Waals surface area contributed by atoms with Crippen LogP contribution in [0.3, 0.4) is 0 Å². The summed E-state index contributed by atoms with van der Waals surface area (Å²) in [7, 11) is -3.27. The van der Waals surface area contributed by atoms with Crippen molar-refractivity contribution >= 4 is 15.8 Å². The van der Waals surface area contributed by atoms with Crippen LogP contribution in [0.1, 0.15) is 13.8 Å². The van der Waals surface area contributed by atoms with Crippen molar-refractivity contribution in [1.82, 2.24) is 14.3 Å². The van der Waals surface area contributed by atoms with E-state index in [4.69, 9.17) is 0 Å². The average molecular weight is 378 g/mol. The van der Waals surface area contributed by atoms with Crippen molar-refractivity contribution in [2.45, 2.75) is 13.8 Å². The lowest BCUT2D eigenvalue weighted by molar-refractivity contribution is 0.379. The van der Waals surface area contributed by atoms with Crippen LogP contribution in [0.2, 0.25) is 0 Å². The molecule has 0 amide bonds. The van der Waals surface area contributed by atoms with E-state index in [0.717, 1.165) is 0 Å². The second kappa shape index (κ2) is 7.67. The van der Waals surface area contributed by atoms with E-state index in [1.807, 2.05) is 32.0 Å². The van der Waals surface area contributed by atoms with Crippen LogP contribution in [-0.4, -0.2) is 54.6 Å². The van der Waals surface area contributed by atoms with Crippen LogP contribution in [0.25, 0.3) is 11.3 Å². The van der Waals surface area contributed by atoms with Crippen molar-refractivity contribution in [3.63, 3.8) is 0 Å². The number of nitrogens with zero attached hydrogens (tertiary/aromatic N) is 4. The molecule has 1 saturated heterocycles. The molecule has 0 bridgehead atoms. The van der Waals surface area contributed by atoms with Crippen LogP contribution < -0.4 is 4.90 Å². The lowest BCUT2D eigenvalue weighted by Gasteiger charge is -2.35. The Kier molecular flexibility index (Phi) is 5.52. The molecule has 2 aromatic rings. The van der Waals surface area contributed by atoms with Crippen LogP contribution in [0, 0.1) is 11.7 Å². The van der Waals surface area contributed by atoms with Gasteiger partial charge in [-0.2, -0.15) is 4.31 Å². The maximum absolute atomic E-state index is 14.9. The Bertz CT molecular complexity index is 851. The number of halogens is 1. The standard InChI is InChI=1S/C18H23FN4O2S/c1-14(2)12-26(24,25)23-10-8-22(9-11-23)18-16(19)17(20-13-21-18)15-6-4-3-5-7-15/h3-7,13-14H,8-12H2,1-2H3. The Balaban J connectivity index is 1.76. The highest BCUT2D eigenvalue weighted by molar-refractivity contribution is 7.89. The fourth-order valence-corrected chi connectivity index (χ4v) is 4.86. The molecule has 1 aromatic carbocycles. The number of sulfonamides is 1. The SMILES string of the molecule is CC(C)CS(=O)(=O)N1CCN(c2ncnc(-c3ccccc3)c2F)CC1. The van der Waals surface area contributed by atoms with E-state index >= 15 is 0 Å². The third-order valence-corrected chi connectivity index (χ3v) is 6.53. The van der Waals surface area contributed by atoms with Gasteiger partial charge in [-0.15, -0.1) is 0 Å². The number of anilines is 1. The summed E-state index contributed by atoms with van der Waals surface area (Å²) >= 11 is 0. The molecule has 0 unspecified atom stereocenters. The van der Waals surface area contributed by atoms with E-state index in [1.54, 1.807) is 17.0 Å². The van der Waals surface area contributed by atoms with E-state index in [1.165, 1.54) is 10.6 Å². The van der Waals surface area contributed by atoms with E-state index in [2.05, 4.69) is 9.97 Å². The van der Waals surface area contributed by atoms with E-state index < -0.39 is 15.8 Å². The fraction of sp³-hybridized carbons (Fsp3) is 0.444. The molecular weight excluding hydrogens is 355 g/mol. The van der Waals surface area contributed by atoms with Crippen LogP contribution in [0.15, 0.2) is 36.7 Å². The number of hydrogen-bond acceptors (Lipinski definition) is 5. The van der Waals surface area contributed by atoms with Crippen LogP contribution in [-0.2, 0) is 10.0 Å². The van der Waals surface area contributed by atoms with Gasteiger partial charge in [0.05, 0.1) is 5.75 Å². The highest BCUT2D eigenvalue weighted by Crippen LogP contribution is 2.26. The molecule has 3 rings (SSSR count). The molecule has 1 fully saturated rings. The van der Waals surface area contributed by atoms with Gasteiger partial charge in [0, 0.05) is 31.7 Å². The number of aromatic nitrogens is 2. The molecule has 0 spiro atoms. The van der Waals surface area contributed by atoms with E-state index in [9.17, 15) is 12.8 Å². The Hall–Kier alpha value is -2.06. The summed E-state index contributed by atoms with van der Waals surface area (Å²) < 4.78 is 41.1. The Morgan fingerprint density at radius 1 is 1.08 bits per heavy atom. The Labute approximate surface area is 153 Å². The van der Waals surface area contributed by atoms with Gasteiger partial charge in [0.1, 0.15) is 12.0 Å². The molecule has 0 atom stereocenters. The molecule has 0 N–H and O–H groups in total. The number of piperazine rings is 1. The van der Waals surface area contributed by atoms with Crippen molar-refractivity contribution in [3.05, 3.63) is 42.5 Å². The summed E-state index contributed by atoms with van der Waals surface area (Å²) in [5, 5.41) is 0. The van der Waals surface area contributed by atoms with Crippen molar-refractivity contribution in [1.29, 1.82) is 0 Å². The van der Waals surface area contributed by atoms with Gasteiger partial charge >= 0.3 is 0 Å². The normalized spacial score (nSPS) is 16.2. The van der Waals surface area contributed by atoms with Gasteiger partial charge in [-0.3, -0.25) is 0 Å². The lowest BCUT2D eigenvalue weighted by atomic mass is 10.1. The summed E-state index contributed by atoms with van der Waals surface area (Å²) in [6.45, 7) is 5.24. The first-order valence-electron chi connectivity index (χ1n) is 8.67. The number of hydrogen-bond donors (Lipinski definition) is 0. The highest BCUT2D eigenvalue weighted by atomic mass is 32.2.